The molecule has 0 aromatic heterocycles. The number of carbonyl (C=O) groups excluding carboxylic acids is 1. The number of benzene rings is 1. The standard InChI is InChI=1S/C16H22FNO3/c1-16(2,3)9-8-14(19)18-13(10-15(20)21)11-4-6-12(17)7-5-11/h4-7,13H,8-10H2,1-3H3,(H,18,19)(H,20,21). The van der Waals surface area contributed by atoms with Crippen molar-refractivity contribution in [3.63, 3.8) is 0 Å². The zero-order valence-electron chi connectivity index (χ0n) is 12.6. The molecule has 0 spiro atoms. The molecule has 0 aliphatic carbocycles. The molecule has 2 N–H and O–H groups in total. The highest BCUT2D eigenvalue weighted by Crippen LogP contribution is 2.22. The lowest BCUT2D eigenvalue weighted by molar-refractivity contribution is -0.137. The lowest BCUT2D eigenvalue weighted by Gasteiger charge is -2.20. The van der Waals surface area contributed by atoms with Crippen LogP contribution in [0.25, 0.3) is 0 Å². The quantitative estimate of drug-likeness (QED) is 0.846. The van der Waals surface area contributed by atoms with E-state index in [0.717, 1.165) is 0 Å². The van der Waals surface area contributed by atoms with E-state index in [-0.39, 0.29) is 17.7 Å². The molecule has 1 unspecified atom stereocenters. The van der Waals surface area contributed by atoms with Gasteiger partial charge in [-0.1, -0.05) is 32.9 Å². The number of carboxylic acid groups (broad SMARTS) is 1. The predicted octanol–water partition coefficient (Wildman–Crippen LogP) is 3.28. The van der Waals surface area contributed by atoms with Gasteiger partial charge in [0.1, 0.15) is 5.82 Å². The zero-order valence-corrected chi connectivity index (χ0v) is 12.6. The number of halogens is 1. The molecule has 0 aliphatic rings. The van der Waals surface area contributed by atoms with Crippen LogP contribution in [0.4, 0.5) is 4.39 Å². The van der Waals surface area contributed by atoms with Crippen molar-refractivity contribution in [3.05, 3.63) is 35.6 Å². The van der Waals surface area contributed by atoms with Gasteiger partial charge in [-0.15, -0.1) is 0 Å². The fourth-order valence-corrected chi connectivity index (χ4v) is 1.88. The molecule has 1 aromatic carbocycles. The van der Waals surface area contributed by atoms with Crippen LogP contribution in [0.1, 0.15) is 51.6 Å². The van der Waals surface area contributed by atoms with Crippen LogP contribution in [-0.4, -0.2) is 17.0 Å². The monoisotopic (exact) mass is 295 g/mol. The molecule has 0 saturated carbocycles. The number of nitrogens with one attached hydrogen (secondary N) is 1. The van der Waals surface area contributed by atoms with Gasteiger partial charge in [0.15, 0.2) is 0 Å². The summed E-state index contributed by atoms with van der Waals surface area (Å²) in [4.78, 5) is 22.9. The summed E-state index contributed by atoms with van der Waals surface area (Å²) in [6.07, 6.45) is 0.815. The Balaban J connectivity index is 2.72. The minimum absolute atomic E-state index is 0.0372. The minimum Gasteiger partial charge on any atom is -0.481 e. The van der Waals surface area contributed by atoms with Crippen LogP contribution in [0.5, 0.6) is 0 Å². The Labute approximate surface area is 124 Å². The number of amides is 1. The van der Waals surface area contributed by atoms with E-state index in [1.54, 1.807) is 0 Å². The number of aliphatic carboxylic acids is 1. The van der Waals surface area contributed by atoms with Crippen molar-refractivity contribution >= 4 is 11.9 Å². The summed E-state index contributed by atoms with van der Waals surface area (Å²) in [5.41, 5.74) is 0.623. The lowest BCUT2D eigenvalue weighted by Crippen LogP contribution is -2.30. The van der Waals surface area contributed by atoms with Crippen molar-refractivity contribution in [2.75, 3.05) is 0 Å². The molecule has 0 radical (unpaired) electrons. The predicted molar refractivity (Wildman–Crippen MR) is 78.2 cm³/mol. The molecule has 0 bridgehead atoms. The van der Waals surface area contributed by atoms with Crippen molar-refractivity contribution in [3.8, 4) is 0 Å². The molecule has 1 aromatic rings. The SMILES string of the molecule is CC(C)(C)CCC(=O)NC(CC(=O)O)c1ccc(F)cc1. The van der Waals surface area contributed by atoms with Gasteiger partial charge in [0, 0.05) is 6.42 Å². The zero-order chi connectivity index (χ0) is 16.0. The molecule has 1 atom stereocenters. The number of rotatable bonds is 6. The van der Waals surface area contributed by atoms with Crippen molar-refractivity contribution in [1.29, 1.82) is 0 Å². The molecule has 4 nitrogen and oxygen atoms in total. The van der Waals surface area contributed by atoms with E-state index in [9.17, 15) is 14.0 Å². The molecular formula is C16H22FNO3. The van der Waals surface area contributed by atoms with Crippen molar-refractivity contribution in [1.82, 2.24) is 5.32 Å². The molecule has 21 heavy (non-hydrogen) atoms. The largest absolute Gasteiger partial charge is 0.481 e. The lowest BCUT2D eigenvalue weighted by atomic mass is 9.90. The van der Waals surface area contributed by atoms with Crippen molar-refractivity contribution in [2.24, 2.45) is 5.41 Å². The van der Waals surface area contributed by atoms with E-state index >= 15 is 0 Å². The number of carbonyl (C=O) groups is 2. The number of hydrogen-bond donors (Lipinski definition) is 2. The molecule has 1 amide bonds. The first kappa shape index (κ1) is 17.1. The summed E-state index contributed by atoms with van der Waals surface area (Å²) in [5, 5.41) is 11.7. The first-order valence-electron chi connectivity index (χ1n) is 6.94. The first-order chi connectivity index (χ1) is 9.67. The highest BCUT2D eigenvalue weighted by molar-refractivity contribution is 5.77. The molecule has 5 heteroatoms. The van der Waals surface area contributed by atoms with Gasteiger partial charge in [-0.3, -0.25) is 9.59 Å². The normalized spacial score (nSPS) is 12.8. The Morgan fingerprint density at radius 3 is 2.29 bits per heavy atom. The Kier molecular flexibility index (Phi) is 5.88. The second-order valence-corrected chi connectivity index (χ2v) is 6.33. The Morgan fingerprint density at radius 2 is 1.81 bits per heavy atom. The highest BCUT2D eigenvalue weighted by Gasteiger charge is 2.19. The van der Waals surface area contributed by atoms with Crippen LogP contribution in [0, 0.1) is 11.2 Å². The van der Waals surface area contributed by atoms with Gasteiger partial charge in [0.05, 0.1) is 12.5 Å². The van der Waals surface area contributed by atoms with Crippen LogP contribution in [-0.2, 0) is 9.59 Å². The second-order valence-electron chi connectivity index (χ2n) is 6.33. The van der Waals surface area contributed by atoms with Gasteiger partial charge in [-0.25, -0.2) is 4.39 Å². The molecule has 0 saturated heterocycles. The smallest absolute Gasteiger partial charge is 0.305 e. The average Bonchev–Trinajstić information content (AvgIpc) is 2.35. The van der Waals surface area contributed by atoms with Crippen LogP contribution in [0.2, 0.25) is 0 Å². The number of hydrogen-bond acceptors (Lipinski definition) is 2. The maximum atomic E-state index is 12.9. The molecular weight excluding hydrogens is 273 g/mol. The molecule has 0 fully saturated rings. The summed E-state index contributed by atoms with van der Waals surface area (Å²) < 4.78 is 12.9. The van der Waals surface area contributed by atoms with Crippen LogP contribution < -0.4 is 5.32 Å². The first-order valence-corrected chi connectivity index (χ1v) is 6.94. The summed E-state index contributed by atoms with van der Waals surface area (Å²) in [5.74, 6) is -1.60. The Morgan fingerprint density at radius 1 is 1.24 bits per heavy atom. The van der Waals surface area contributed by atoms with E-state index in [1.807, 2.05) is 20.8 Å². The minimum atomic E-state index is -1.01. The van der Waals surface area contributed by atoms with Gasteiger partial charge >= 0.3 is 5.97 Å². The average molecular weight is 295 g/mol. The maximum absolute atomic E-state index is 12.9. The van der Waals surface area contributed by atoms with Crippen molar-refractivity contribution < 1.29 is 19.1 Å². The summed E-state index contributed by atoms with van der Waals surface area (Å²) in [6, 6.07) is 4.85. The van der Waals surface area contributed by atoms with E-state index in [0.29, 0.717) is 18.4 Å². The van der Waals surface area contributed by atoms with Gasteiger partial charge in [-0.05, 0) is 29.5 Å². The van der Waals surface area contributed by atoms with Crippen LogP contribution in [0.15, 0.2) is 24.3 Å². The molecule has 116 valence electrons. The molecule has 0 aliphatic heterocycles. The Bertz CT molecular complexity index is 491. The third kappa shape index (κ3) is 6.88. The van der Waals surface area contributed by atoms with Crippen LogP contribution in [0.3, 0.4) is 0 Å². The fraction of sp³-hybridized carbons (Fsp3) is 0.500. The van der Waals surface area contributed by atoms with E-state index in [1.165, 1.54) is 24.3 Å². The third-order valence-electron chi connectivity index (χ3n) is 3.09. The van der Waals surface area contributed by atoms with Gasteiger partial charge in [0.2, 0.25) is 5.91 Å². The van der Waals surface area contributed by atoms with Crippen LogP contribution >= 0.6 is 0 Å². The fourth-order valence-electron chi connectivity index (χ4n) is 1.88. The van der Waals surface area contributed by atoms with E-state index in [2.05, 4.69) is 5.32 Å². The maximum Gasteiger partial charge on any atom is 0.305 e. The third-order valence-corrected chi connectivity index (χ3v) is 3.09. The summed E-state index contributed by atoms with van der Waals surface area (Å²) in [6.45, 7) is 6.11. The van der Waals surface area contributed by atoms with E-state index in [4.69, 9.17) is 5.11 Å². The summed E-state index contributed by atoms with van der Waals surface area (Å²) >= 11 is 0. The summed E-state index contributed by atoms with van der Waals surface area (Å²) in [7, 11) is 0. The number of carboxylic acids is 1. The van der Waals surface area contributed by atoms with E-state index < -0.39 is 17.8 Å². The molecule has 1 rings (SSSR count). The highest BCUT2D eigenvalue weighted by atomic mass is 19.1. The van der Waals surface area contributed by atoms with Gasteiger partial charge < -0.3 is 10.4 Å². The van der Waals surface area contributed by atoms with Gasteiger partial charge in [-0.2, -0.15) is 0 Å². The second kappa shape index (κ2) is 7.20. The Hall–Kier alpha value is -1.91. The molecule has 0 heterocycles. The van der Waals surface area contributed by atoms with Crippen molar-refractivity contribution in [2.45, 2.75) is 46.1 Å². The van der Waals surface area contributed by atoms with Gasteiger partial charge in [0.25, 0.3) is 0 Å². The topological polar surface area (TPSA) is 66.4 Å².